The summed E-state index contributed by atoms with van der Waals surface area (Å²) in [6.07, 6.45) is 5.53. The molecule has 0 amide bonds. The van der Waals surface area contributed by atoms with Crippen molar-refractivity contribution in [3.8, 4) is 0 Å². The van der Waals surface area contributed by atoms with E-state index in [9.17, 15) is 4.79 Å². The number of carbonyl (C=O) groups excluding carboxylic acids is 1. The molecule has 1 saturated heterocycles. The van der Waals surface area contributed by atoms with Gasteiger partial charge in [-0.1, -0.05) is 32.8 Å². The molecule has 0 aliphatic carbocycles. The Balaban J connectivity index is 2.02. The average Bonchev–Trinajstić information content (AvgIpc) is 2.84. The van der Waals surface area contributed by atoms with Crippen molar-refractivity contribution < 1.29 is 14.3 Å². The van der Waals surface area contributed by atoms with Gasteiger partial charge in [0.25, 0.3) is 0 Å². The average molecular weight is 184 g/mol. The van der Waals surface area contributed by atoms with Gasteiger partial charge in [0.15, 0.2) is 0 Å². The number of carbonyl (C=O) groups is 1. The fourth-order valence-corrected chi connectivity index (χ4v) is 1.19. The summed E-state index contributed by atoms with van der Waals surface area (Å²) >= 11 is 0. The summed E-state index contributed by atoms with van der Waals surface area (Å²) in [5.74, 6) is -0.400. The van der Waals surface area contributed by atoms with E-state index >= 15 is 0 Å². The summed E-state index contributed by atoms with van der Waals surface area (Å²) in [5.41, 5.74) is 0. The zero-order chi connectivity index (χ0) is 9.68. The van der Waals surface area contributed by atoms with Gasteiger partial charge in [0.2, 0.25) is 6.29 Å². The molecule has 1 fully saturated rings. The van der Waals surface area contributed by atoms with Crippen molar-refractivity contribution in [2.24, 2.45) is 0 Å². The molecule has 1 rings (SSSR count). The Morgan fingerprint density at radius 3 is 3.00 bits per heavy atom. The van der Waals surface area contributed by atoms with Crippen LogP contribution in [0.2, 0.25) is 0 Å². The zero-order valence-electron chi connectivity index (χ0n) is 7.99. The highest BCUT2D eigenvalue weighted by atomic mass is 16.8. The molecule has 3 nitrogen and oxygen atoms in total. The van der Waals surface area contributed by atoms with Crippen LogP contribution in [0.1, 0.15) is 32.6 Å². The largest absolute Gasteiger partial charge is 0.430 e. The SMILES string of the molecule is C=CC(=O)OC1OC1CCCCC. The van der Waals surface area contributed by atoms with Crippen LogP contribution < -0.4 is 0 Å². The van der Waals surface area contributed by atoms with Crippen LogP contribution in [0.15, 0.2) is 12.7 Å². The maximum absolute atomic E-state index is 10.7. The Kier molecular flexibility index (Phi) is 3.96. The van der Waals surface area contributed by atoms with Crippen molar-refractivity contribution in [3.63, 3.8) is 0 Å². The summed E-state index contributed by atoms with van der Waals surface area (Å²) in [6, 6.07) is 0. The Bertz CT molecular complexity index is 189. The Morgan fingerprint density at radius 1 is 1.62 bits per heavy atom. The molecule has 0 saturated carbocycles. The van der Waals surface area contributed by atoms with Crippen molar-refractivity contribution in [1.82, 2.24) is 0 Å². The van der Waals surface area contributed by atoms with Crippen LogP contribution in [0, 0.1) is 0 Å². The maximum Gasteiger partial charge on any atom is 0.332 e. The molecule has 0 bridgehead atoms. The fraction of sp³-hybridized carbons (Fsp3) is 0.700. The van der Waals surface area contributed by atoms with Gasteiger partial charge in [-0.15, -0.1) is 0 Å². The maximum atomic E-state index is 10.7. The Labute approximate surface area is 78.7 Å². The van der Waals surface area contributed by atoms with Gasteiger partial charge in [-0.25, -0.2) is 4.79 Å². The third-order valence-electron chi connectivity index (χ3n) is 2.03. The smallest absolute Gasteiger partial charge is 0.332 e. The van der Waals surface area contributed by atoms with E-state index in [2.05, 4.69) is 13.5 Å². The number of epoxide rings is 1. The van der Waals surface area contributed by atoms with E-state index in [0.717, 1.165) is 18.9 Å². The molecule has 0 aromatic heterocycles. The molecule has 0 aromatic rings. The first-order valence-electron chi connectivity index (χ1n) is 4.76. The van der Waals surface area contributed by atoms with Gasteiger partial charge in [0, 0.05) is 6.08 Å². The first-order valence-corrected chi connectivity index (χ1v) is 4.76. The molecular weight excluding hydrogens is 168 g/mol. The Hall–Kier alpha value is -0.830. The lowest BCUT2D eigenvalue weighted by Gasteiger charge is -1.95. The first kappa shape index (κ1) is 10.3. The highest BCUT2D eigenvalue weighted by molar-refractivity contribution is 5.81. The van der Waals surface area contributed by atoms with Crippen LogP contribution in [0.25, 0.3) is 0 Å². The second kappa shape index (κ2) is 5.02. The van der Waals surface area contributed by atoms with E-state index in [0.29, 0.717) is 0 Å². The number of hydrogen-bond acceptors (Lipinski definition) is 3. The molecule has 74 valence electrons. The van der Waals surface area contributed by atoms with Gasteiger partial charge >= 0.3 is 5.97 Å². The van der Waals surface area contributed by atoms with Gasteiger partial charge in [-0.2, -0.15) is 0 Å². The summed E-state index contributed by atoms with van der Waals surface area (Å²) in [7, 11) is 0. The third kappa shape index (κ3) is 3.59. The zero-order valence-corrected chi connectivity index (χ0v) is 7.99. The standard InChI is InChI=1S/C10H16O3/c1-3-5-6-7-8-10(12-8)13-9(11)4-2/h4,8,10H,2-3,5-7H2,1H3. The van der Waals surface area contributed by atoms with Gasteiger partial charge in [-0.3, -0.25) is 0 Å². The van der Waals surface area contributed by atoms with Gasteiger partial charge in [0.05, 0.1) is 0 Å². The molecular formula is C10H16O3. The second-order valence-electron chi connectivity index (χ2n) is 3.18. The predicted octanol–water partition coefficient (Wildman–Crippen LogP) is 2.02. The van der Waals surface area contributed by atoms with E-state index in [4.69, 9.17) is 9.47 Å². The molecule has 1 heterocycles. The van der Waals surface area contributed by atoms with Gasteiger partial charge < -0.3 is 9.47 Å². The third-order valence-corrected chi connectivity index (χ3v) is 2.03. The molecule has 2 atom stereocenters. The fourth-order valence-electron chi connectivity index (χ4n) is 1.19. The minimum atomic E-state index is -0.400. The van der Waals surface area contributed by atoms with Gasteiger partial charge in [-0.05, 0) is 6.42 Å². The summed E-state index contributed by atoms with van der Waals surface area (Å²) in [4.78, 5) is 10.7. The molecule has 0 spiro atoms. The molecule has 0 aromatic carbocycles. The van der Waals surface area contributed by atoms with Crippen molar-refractivity contribution in [2.45, 2.75) is 45.0 Å². The molecule has 1 aliphatic rings. The van der Waals surface area contributed by atoms with E-state index in [1.54, 1.807) is 0 Å². The lowest BCUT2D eigenvalue weighted by molar-refractivity contribution is -0.142. The van der Waals surface area contributed by atoms with Crippen LogP contribution >= 0.6 is 0 Å². The van der Waals surface area contributed by atoms with Crippen LogP contribution in [-0.2, 0) is 14.3 Å². The van der Waals surface area contributed by atoms with Crippen LogP contribution in [0.5, 0.6) is 0 Å². The van der Waals surface area contributed by atoms with Crippen LogP contribution in [0.3, 0.4) is 0 Å². The quantitative estimate of drug-likeness (QED) is 0.274. The summed E-state index contributed by atoms with van der Waals surface area (Å²) < 4.78 is 10.0. The molecule has 1 aliphatic heterocycles. The van der Waals surface area contributed by atoms with Crippen molar-refractivity contribution >= 4 is 5.97 Å². The lowest BCUT2D eigenvalue weighted by atomic mass is 10.2. The highest BCUT2D eigenvalue weighted by Gasteiger charge is 2.41. The summed E-state index contributed by atoms with van der Waals surface area (Å²) in [5, 5.41) is 0. The second-order valence-corrected chi connectivity index (χ2v) is 3.18. The topological polar surface area (TPSA) is 38.8 Å². The van der Waals surface area contributed by atoms with Crippen molar-refractivity contribution in [3.05, 3.63) is 12.7 Å². The van der Waals surface area contributed by atoms with Crippen molar-refractivity contribution in [2.75, 3.05) is 0 Å². The van der Waals surface area contributed by atoms with E-state index in [1.807, 2.05) is 0 Å². The highest BCUT2D eigenvalue weighted by Crippen LogP contribution is 2.28. The predicted molar refractivity (Wildman–Crippen MR) is 49.1 cm³/mol. The number of rotatable bonds is 6. The summed E-state index contributed by atoms with van der Waals surface area (Å²) in [6.45, 7) is 5.47. The molecule has 0 N–H and O–H groups in total. The Morgan fingerprint density at radius 2 is 2.38 bits per heavy atom. The van der Waals surface area contributed by atoms with Crippen LogP contribution in [0.4, 0.5) is 0 Å². The molecule has 13 heavy (non-hydrogen) atoms. The normalized spacial score (nSPS) is 25.3. The minimum Gasteiger partial charge on any atom is -0.430 e. The lowest BCUT2D eigenvalue weighted by Crippen LogP contribution is -2.06. The molecule has 2 unspecified atom stereocenters. The molecule has 0 radical (unpaired) electrons. The van der Waals surface area contributed by atoms with Crippen LogP contribution in [-0.4, -0.2) is 18.4 Å². The van der Waals surface area contributed by atoms with Gasteiger partial charge in [0.1, 0.15) is 6.10 Å². The monoisotopic (exact) mass is 184 g/mol. The first-order chi connectivity index (χ1) is 6.27. The van der Waals surface area contributed by atoms with E-state index < -0.39 is 5.97 Å². The molecule has 3 heteroatoms. The van der Waals surface area contributed by atoms with E-state index in [1.165, 1.54) is 12.8 Å². The number of unbranched alkanes of at least 4 members (excludes halogenated alkanes) is 2. The number of hydrogen-bond donors (Lipinski definition) is 0. The minimum absolute atomic E-state index is 0.135. The van der Waals surface area contributed by atoms with E-state index in [-0.39, 0.29) is 12.4 Å². The number of ether oxygens (including phenoxy) is 2. The van der Waals surface area contributed by atoms with Crippen molar-refractivity contribution in [1.29, 1.82) is 0 Å². The number of esters is 1.